The number of rotatable bonds is 25. The van der Waals surface area contributed by atoms with Crippen molar-refractivity contribution in [3.8, 4) is 0 Å². The van der Waals surface area contributed by atoms with Gasteiger partial charge in [0, 0.05) is 6.42 Å². The molecule has 0 fully saturated rings. The number of unbranched alkanes of at least 4 members (excludes halogenated alkanes) is 15. The van der Waals surface area contributed by atoms with Gasteiger partial charge in [0.25, 0.3) is 0 Å². The summed E-state index contributed by atoms with van der Waals surface area (Å²) in [5.74, 6) is 0.0980. The average Bonchev–Trinajstić information content (AvgIpc) is 2.81. The van der Waals surface area contributed by atoms with Crippen LogP contribution in [-0.4, -0.2) is 25.2 Å². The SMILES string of the molecule is CCCCCCOC(=O)CCCCCCCCCCCCC(CC)C(=O)OCCCCCC. The summed E-state index contributed by atoms with van der Waals surface area (Å²) in [6.07, 6.45) is 23.8. The van der Waals surface area contributed by atoms with Crippen LogP contribution in [0.4, 0.5) is 0 Å². The van der Waals surface area contributed by atoms with Crippen molar-refractivity contribution in [1.82, 2.24) is 0 Å². The molecule has 0 amide bonds. The minimum absolute atomic E-state index is 0.0166. The van der Waals surface area contributed by atoms with Gasteiger partial charge in [0.05, 0.1) is 19.1 Å². The van der Waals surface area contributed by atoms with Gasteiger partial charge in [0.2, 0.25) is 0 Å². The highest BCUT2D eigenvalue weighted by Gasteiger charge is 2.17. The summed E-state index contributed by atoms with van der Waals surface area (Å²) in [4.78, 5) is 23.9. The quantitative estimate of drug-likeness (QED) is 0.0991. The molecule has 0 radical (unpaired) electrons. The van der Waals surface area contributed by atoms with E-state index in [9.17, 15) is 9.59 Å². The van der Waals surface area contributed by atoms with E-state index >= 15 is 0 Å². The van der Waals surface area contributed by atoms with Gasteiger partial charge >= 0.3 is 11.9 Å². The Morgan fingerprint density at radius 3 is 1.52 bits per heavy atom. The zero-order valence-electron chi connectivity index (χ0n) is 22.5. The van der Waals surface area contributed by atoms with E-state index < -0.39 is 0 Å². The number of carbonyl (C=O) groups excluding carboxylic acids is 2. The van der Waals surface area contributed by atoms with Gasteiger partial charge in [-0.05, 0) is 32.1 Å². The zero-order chi connectivity index (χ0) is 24.4. The second-order valence-electron chi connectivity index (χ2n) is 9.69. The molecule has 1 unspecified atom stereocenters. The standard InChI is InChI=1S/C29H56O4/c1-4-7-9-21-25-32-28(30)24-20-18-16-14-12-11-13-15-17-19-23-27(6-3)29(31)33-26-22-10-8-5-2/h27H,4-26H2,1-3H3. The lowest BCUT2D eigenvalue weighted by atomic mass is 9.97. The first kappa shape index (κ1) is 31.9. The molecular weight excluding hydrogens is 412 g/mol. The Morgan fingerprint density at radius 1 is 0.545 bits per heavy atom. The predicted molar refractivity (Wildman–Crippen MR) is 139 cm³/mol. The highest BCUT2D eigenvalue weighted by molar-refractivity contribution is 5.72. The summed E-state index contributed by atoms with van der Waals surface area (Å²) in [7, 11) is 0. The van der Waals surface area contributed by atoms with Gasteiger partial charge in [0.15, 0.2) is 0 Å². The van der Waals surface area contributed by atoms with Crippen LogP contribution < -0.4 is 0 Å². The van der Waals surface area contributed by atoms with Crippen LogP contribution in [0.5, 0.6) is 0 Å². The minimum atomic E-state index is -0.0166. The van der Waals surface area contributed by atoms with E-state index in [0.29, 0.717) is 19.6 Å². The van der Waals surface area contributed by atoms with E-state index in [2.05, 4.69) is 20.8 Å². The van der Waals surface area contributed by atoms with Crippen LogP contribution in [0.2, 0.25) is 0 Å². The third kappa shape index (κ3) is 22.5. The average molecular weight is 469 g/mol. The van der Waals surface area contributed by atoms with Crippen molar-refractivity contribution in [2.75, 3.05) is 13.2 Å². The monoisotopic (exact) mass is 468 g/mol. The number of carbonyl (C=O) groups is 2. The Balaban J connectivity index is 3.42. The first-order valence-corrected chi connectivity index (χ1v) is 14.5. The van der Waals surface area contributed by atoms with Crippen molar-refractivity contribution in [2.45, 2.75) is 156 Å². The molecule has 4 nitrogen and oxygen atoms in total. The summed E-state index contributed by atoms with van der Waals surface area (Å²) >= 11 is 0. The zero-order valence-corrected chi connectivity index (χ0v) is 22.5. The smallest absolute Gasteiger partial charge is 0.308 e. The first-order chi connectivity index (χ1) is 16.2. The molecule has 0 aliphatic heterocycles. The largest absolute Gasteiger partial charge is 0.466 e. The van der Waals surface area contributed by atoms with Crippen LogP contribution >= 0.6 is 0 Å². The lowest BCUT2D eigenvalue weighted by Gasteiger charge is -2.14. The topological polar surface area (TPSA) is 52.6 Å². The van der Waals surface area contributed by atoms with Crippen LogP contribution in [0.3, 0.4) is 0 Å². The summed E-state index contributed by atoms with van der Waals surface area (Å²) in [6, 6.07) is 0. The van der Waals surface area contributed by atoms with Crippen molar-refractivity contribution in [1.29, 1.82) is 0 Å². The van der Waals surface area contributed by atoms with E-state index in [4.69, 9.17) is 9.47 Å². The summed E-state index contributed by atoms with van der Waals surface area (Å²) < 4.78 is 10.8. The fourth-order valence-electron chi connectivity index (χ4n) is 4.17. The van der Waals surface area contributed by atoms with Gasteiger partial charge in [-0.25, -0.2) is 0 Å². The van der Waals surface area contributed by atoms with Crippen molar-refractivity contribution < 1.29 is 19.1 Å². The summed E-state index contributed by atoms with van der Waals surface area (Å²) in [5.41, 5.74) is 0. The van der Waals surface area contributed by atoms with Gasteiger partial charge in [-0.2, -0.15) is 0 Å². The lowest BCUT2D eigenvalue weighted by Crippen LogP contribution is -2.17. The second-order valence-corrected chi connectivity index (χ2v) is 9.69. The molecule has 1 atom stereocenters. The highest BCUT2D eigenvalue weighted by Crippen LogP contribution is 2.18. The molecule has 0 saturated carbocycles. The highest BCUT2D eigenvalue weighted by atomic mass is 16.5. The predicted octanol–water partition coefficient (Wildman–Crippen LogP) is 8.94. The molecule has 0 aliphatic rings. The fourth-order valence-corrected chi connectivity index (χ4v) is 4.17. The Labute approximate surface area is 206 Å². The van der Waals surface area contributed by atoms with Crippen LogP contribution in [0.15, 0.2) is 0 Å². The lowest BCUT2D eigenvalue weighted by molar-refractivity contribution is -0.149. The maximum absolute atomic E-state index is 12.2. The Hall–Kier alpha value is -1.06. The van der Waals surface area contributed by atoms with Crippen LogP contribution in [0, 0.1) is 5.92 Å². The molecule has 0 saturated heterocycles. The normalized spacial score (nSPS) is 12.0. The molecule has 33 heavy (non-hydrogen) atoms. The maximum atomic E-state index is 12.2. The van der Waals surface area contributed by atoms with Crippen molar-refractivity contribution in [2.24, 2.45) is 5.92 Å². The van der Waals surface area contributed by atoms with Gasteiger partial charge < -0.3 is 9.47 Å². The second kappa shape index (κ2) is 25.6. The van der Waals surface area contributed by atoms with E-state index in [1.807, 2.05) is 0 Å². The fraction of sp³-hybridized carbons (Fsp3) is 0.931. The maximum Gasteiger partial charge on any atom is 0.308 e. The Morgan fingerprint density at radius 2 is 1.00 bits per heavy atom. The Bertz CT molecular complexity index is 435. The van der Waals surface area contributed by atoms with Crippen molar-refractivity contribution in [3.05, 3.63) is 0 Å². The molecule has 0 aromatic carbocycles. The third-order valence-corrected chi connectivity index (χ3v) is 6.51. The van der Waals surface area contributed by atoms with E-state index in [0.717, 1.165) is 57.8 Å². The minimum Gasteiger partial charge on any atom is -0.466 e. The van der Waals surface area contributed by atoms with Gasteiger partial charge in [-0.3, -0.25) is 9.59 Å². The number of esters is 2. The van der Waals surface area contributed by atoms with Crippen molar-refractivity contribution in [3.63, 3.8) is 0 Å². The molecule has 0 heterocycles. The molecular formula is C29H56O4. The van der Waals surface area contributed by atoms with Gasteiger partial charge in [0.1, 0.15) is 0 Å². The molecule has 0 N–H and O–H groups in total. The Kier molecular flexibility index (Phi) is 24.7. The molecule has 0 rings (SSSR count). The molecule has 0 aromatic rings. The molecule has 4 heteroatoms. The number of hydrogen-bond donors (Lipinski definition) is 0. The van der Waals surface area contributed by atoms with Crippen LogP contribution in [-0.2, 0) is 19.1 Å². The van der Waals surface area contributed by atoms with E-state index in [1.54, 1.807) is 0 Å². The van der Waals surface area contributed by atoms with E-state index in [-0.39, 0.29) is 17.9 Å². The number of ether oxygens (including phenoxy) is 2. The summed E-state index contributed by atoms with van der Waals surface area (Å²) in [6.45, 7) is 7.67. The first-order valence-electron chi connectivity index (χ1n) is 14.5. The molecule has 0 bridgehead atoms. The number of hydrogen-bond acceptors (Lipinski definition) is 4. The molecule has 196 valence electrons. The van der Waals surface area contributed by atoms with Gasteiger partial charge in [-0.15, -0.1) is 0 Å². The van der Waals surface area contributed by atoms with Crippen LogP contribution in [0.1, 0.15) is 156 Å². The van der Waals surface area contributed by atoms with Crippen LogP contribution in [0.25, 0.3) is 0 Å². The third-order valence-electron chi connectivity index (χ3n) is 6.51. The molecule has 0 aromatic heterocycles. The van der Waals surface area contributed by atoms with Gasteiger partial charge in [-0.1, -0.05) is 117 Å². The summed E-state index contributed by atoms with van der Waals surface area (Å²) in [5, 5.41) is 0. The molecule has 0 aliphatic carbocycles. The molecule has 0 spiro atoms. The van der Waals surface area contributed by atoms with Crippen molar-refractivity contribution >= 4 is 11.9 Å². The van der Waals surface area contributed by atoms with E-state index in [1.165, 1.54) is 70.6 Å².